The standard InChI is InChI=1S/C7H15NO/c1-6-4-5-7(2,3)8(6)9/h6,9H,4-5H2,1-3H3/t6-/m0/s1. The Balaban J connectivity index is 2.62. The Morgan fingerprint density at radius 3 is 2.22 bits per heavy atom. The highest BCUT2D eigenvalue weighted by Gasteiger charge is 2.35. The number of nitrogens with zero attached hydrogens (tertiary/aromatic N) is 1. The summed E-state index contributed by atoms with van der Waals surface area (Å²) in [7, 11) is 0. The van der Waals surface area contributed by atoms with Gasteiger partial charge in [0.2, 0.25) is 0 Å². The smallest absolute Gasteiger partial charge is 0.0408 e. The van der Waals surface area contributed by atoms with Crippen LogP contribution in [0.2, 0.25) is 0 Å². The molecule has 1 heterocycles. The van der Waals surface area contributed by atoms with Crippen molar-refractivity contribution in [2.45, 2.75) is 45.2 Å². The van der Waals surface area contributed by atoms with Gasteiger partial charge in [-0.25, -0.2) is 0 Å². The van der Waals surface area contributed by atoms with Gasteiger partial charge in [0.15, 0.2) is 0 Å². The van der Waals surface area contributed by atoms with Crippen molar-refractivity contribution in [3.63, 3.8) is 0 Å². The van der Waals surface area contributed by atoms with Gasteiger partial charge in [-0.1, -0.05) is 0 Å². The molecule has 0 aromatic heterocycles. The highest BCUT2D eigenvalue weighted by molar-refractivity contribution is 4.87. The van der Waals surface area contributed by atoms with Crippen molar-refractivity contribution in [2.24, 2.45) is 0 Å². The molecule has 0 aromatic carbocycles. The molecule has 1 aliphatic heterocycles. The molecule has 0 radical (unpaired) electrons. The molecule has 1 N–H and O–H groups in total. The lowest BCUT2D eigenvalue weighted by Crippen LogP contribution is -2.38. The van der Waals surface area contributed by atoms with E-state index in [-0.39, 0.29) is 5.54 Å². The van der Waals surface area contributed by atoms with Crippen molar-refractivity contribution in [2.75, 3.05) is 0 Å². The Kier molecular flexibility index (Phi) is 1.53. The third-order valence-electron chi connectivity index (χ3n) is 2.21. The summed E-state index contributed by atoms with van der Waals surface area (Å²) in [6.07, 6.45) is 2.22. The van der Waals surface area contributed by atoms with E-state index in [1.807, 2.05) is 0 Å². The first kappa shape index (κ1) is 7.03. The third-order valence-corrected chi connectivity index (χ3v) is 2.21. The first-order chi connectivity index (χ1) is 4.04. The molecule has 0 spiro atoms. The van der Waals surface area contributed by atoms with Crippen LogP contribution in [0.1, 0.15) is 33.6 Å². The van der Waals surface area contributed by atoms with Gasteiger partial charge in [0.25, 0.3) is 0 Å². The highest BCUT2D eigenvalue weighted by atomic mass is 16.5. The zero-order valence-electron chi connectivity index (χ0n) is 6.39. The van der Waals surface area contributed by atoms with E-state index in [0.717, 1.165) is 12.8 Å². The maximum Gasteiger partial charge on any atom is 0.0408 e. The van der Waals surface area contributed by atoms with Crippen LogP contribution in [0.3, 0.4) is 0 Å². The van der Waals surface area contributed by atoms with E-state index >= 15 is 0 Å². The average Bonchev–Trinajstić information content (AvgIpc) is 1.97. The van der Waals surface area contributed by atoms with E-state index in [1.54, 1.807) is 0 Å². The van der Waals surface area contributed by atoms with Gasteiger partial charge in [-0.15, -0.1) is 0 Å². The molecular formula is C7H15NO. The minimum atomic E-state index is 0.0133. The summed E-state index contributed by atoms with van der Waals surface area (Å²) in [5.74, 6) is 0. The maximum atomic E-state index is 9.36. The molecule has 54 valence electrons. The SMILES string of the molecule is C[C@H]1CCC(C)(C)N1O. The summed E-state index contributed by atoms with van der Waals surface area (Å²) in [6, 6.07) is 0.347. The van der Waals surface area contributed by atoms with Crippen LogP contribution in [-0.4, -0.2) is 21.9 Å². The van der Waals surface area contributed by atoms with Crippen LogP contribution in [0.25, 0.3) is 0 Å². The first-order valence-electron chi connectivity index (χ1n) is 3.52. The summed E-state index contributed by atoms with van der Waals surface area (Å²) in [5.41, 5.74) is 0.0133. The van der Waals surface area contributed by atoms with Gasteiger partial charge in [0.1, 0.15) is 0 Å². The maximum absolute atomic E-state index is 9.36. The molecule has 9 heavy (non-hydrogen) atoms. The van der Waals surface area contributed by atoms with Crippen molar-refractivity contribution in [3.8, 4) is 0 Å². The molecule has 1 saturated heterocycles. The Labute approximate surface area is 56.4 Å². The molecule has 0 saturated carbocycles. The molecule has 2 heteroatoms. The van der Waals surface area contributed by atoms with Crippen LogP contribution in [0.4, 0.5) is 0 Å². The molecule has 0 amide bonds. The fourth-order valence-electron chi connectivity index (χ4n) is 1.40. The molecular weight excluding hydrogens is 114 g/mol. The molecule has 1 rings (SSSR count). The second-order valence-corrected chi connectivity index (χ2v) is 3.54. The van der Waals surface area contributed by atoms with Crippen LogP contribution < -0.4 is 0 Å². The van der Waals surface area contributed by atoms with Crippen molar-refractivity contribution in [1.29, 1.82) is 0 Å². The van der Waals surface area contributed by atoms with E-state index in [1.165, 1.54) is 5.06 Å². The summed E-state index contributed by atoms with van der Waals surface area (Å²) in [4.78, 5) is 0. The minimum absolute atomic E-state index is 0.0133. The molecule has 1 fully saturated rings. The Hall–Kier alpha value is -0.0800. The van der Waals surface area contributed by atoms with E-state index in [0.29, 0.717) is 6.04 Å². The van der Waals surface area contributed by atoms with Crippen molar-refractivity contribution in [3.05, 3.63) is 0 Å². The second-order valence-electron chi connectivity index (χ2n) is 3.54. The van der Waals surface area contributed by atoms with Gasteiger partial charge < -0.3 is 5.21 Å². The van der Waals surface area contributed by atoms with Gasteiger partial charge in [-0.05, 0) is 33.6 Å². The van der Waals surface area contributed by atoms with Gasteiger partial charge in [-0.2, -0.15) is 5.06 Å². The van der Waals surface area contributed by atoms with Crippen LogP contribution in [0, 0.1) is 0 Å². The van der Waals surface area contributed by atoms with E-state index in [2.05, 4.69) is 20.8 Å². The van der Waals surface area contributed by atoms with Gasteiger partial charge in [0, 0.05) is 11.6 Å². The molecule has 0 unspecified atom stereocenters. The lowest BCUT2D eigenvalue weighted by atomic mass is 10.0. The molecule has 0 aromatic rings. The van der Waals surface area contributed by atoms with E-state index < -0.39 is 0 Å². The lowest BCUT2D eigenvalue weighted by Gasteiger charge is -2.27. The number of hydrogen-bond acceptors (Lipinski definition) is 2. The lowest BCUT2D eigenvalue weighted by molar-refractivity contribution is -0.159. The fraction of sp³-hybridized carbons (Fsp3) is 1.00. The van der Waals surface area contributed by atoms with Crippen LogP contribution in [0.5, 0.6) is 0 Å². The average molecular weight is 129 g/mol. The normalized spacial score (nSPS) is 35.3. The Morgan fingerprint density at radius 2 is 2.11 bits per heavy atom. The quantitative estimate of drug-likeness (QED) is 0.537. The monoisotopic (exact) mass is 129 g/mol. The fourth-order valence-corrected chi connectivity index (χ4v) is 1.40. The van der Waals surface area contributed by atoms with Crippen molar-refractivity contribution in [1.82, 2.24) is 5.06 Å². The molecule has 0 aliphatic carbocycles. The molecule has 1 atom stereocenters. The zero-order valence-corrected chi connectivity index (χ0v) is 6.39. The Morgan fingerprint density at radius 1 is 1.56 bits per heavy atom. The van der Waals surface area contributed by atoms with Crippen LogP contribution in [0.15, 0.2) is 0 Å². The largest absolute Gasteiger partial charge is 0.313 e. The van der Waals surface area contributed by atoms with Gasteiger partial charge in [-0.3, -0.25) is 0 Å². The third kappa shape index (κ3) is 1.10. The summed E-state index contributed by atoms with van der Waals surface area (Å²) >= 11 is 0. The zero-order chi connectivity index (χ0) is 7.07. The summed E-state index contributed by atoms with van der Waals surface area (Å²) in [6.45, 7) is 6.18. The number of hydroxylamine groups is 2. The first-order valence-corrected chi connectivity index (χ1v) is 3.52. The Bertz CT molecular complexity index is 111. The predicted molar refractivity (Wildman–Crippen MR) is 36.4 cm³/mol. The van der Waals surface area contributed by atoms with Gasteiger partial charge in [0.05, 0.1) is 0 Å². The van der Waals surface area contributed by atoms with Crippen molar-refractivity contribution < 1.29 is 5.21 Å². The van der Waals surface area contributed by atoms with Gasteiger partial charge >= 0.3 is 0 Å². The molecule has 1 aliphatic rings. The second kappa shape index (κ2) is 1.96. The highest BCUT2D eigenvalue weighted by Crippen LogP contribution is 2.30. The minimum Gasteiger partial charge on any atom is -0.313 e. The van der Waals surface area contributed by atoms with Crippen molar-refractivity contribution >= 4 is 0 Å². The topological polar surface area (TPSA) is 23.5 Å². The molecule has 0 bridgehead atoms. The van der Waals surface area contributed by atoms with Crippen LogP contribution in [-0.2, 0) is 0 Å². The summed E-state index contributed by atoms with van der Waals surface area (Å²) < 4.78 is 0. The molecule has 2 nitrogen and oxygen atoms in total. The van der Waals surface area contributed by atoms with Crippen LogP contribution >= 0.6 is 0 Å². The number of hydrogen-bond donors (Lipinski definition) is 1. The van der Waals surface area contributed by atoms with E-state index in [4.69, 9.17) is 0 Å². The number of rotatable bonds is 0. The summed E-state index contributed by atoms with van der Waals surface area (Å²) in [5, 5.41) is 10.8. The predicted octanol–water partition coefficient (Wildman–Crippen LogP) is 1.64. The van der Waals surface area contributed by atoms with E-state index in [9.17, 15) is 5.21 Å².